The van der Waals surface area contributed by atoms with E-state index in [4.69, 9.17) is 17.3 Å². The number of nitrogens with zero attached hydrogens (tertiary/aromatic N) is 2. The topological polar surface area (TPSA) is 63.8 Å². The van der Waals surface area contributed by atoms with Crippen LogP contribution >= 0.6 is 11.6 Å². The second kappa shape index (κ2) is 5.40. The number of nitrogen functional groups attached to an aromatic ring is 1. The number of aromatic nitrogens is 2. The van der Waals surface area contributed by atoms with Gasteiger partial charge in [0.15, 0.2) is 0 Å². The lowest BCUT2D eigenvalue weighted by molar-refractivity contribution is 0.627. The van der Waals surface area contributed by atoms with Crippen molar-refractivity contribution >= 4 is 23.2 Å². The van der Waals surface area contributed by atoms with E-state index in [0.29, 0.717) is 24.0 Å². The van der Waals surface area contributed by atoms with Crippen LogP contribution in [0.1, 0.15) is 17.0 Å². The molecule has 6 heteroatoms. The summed E-state index contributed by atoms with van der Waals surface area (Å²) in [6.45, 7) is 4.10. The number of aryl methyl sites for hydroxylation is 1. The van der Waals surface area contributed by atoms with Gasteiger partial charge in [0.05, 0.1) is 5.02 Å². The molecule has 0 saturated carbocycles. The van der Waals surface area contributed by atoms with Gasteiger partial charge < -0.3 is 11.1 Å². The van der Waals surface area contributed by atoms with E-state index in [2.05, 4.69) is 15.3 Å². The van der Waals surface area contributed by atoms with Crippen LogP contribution in [0, 0.1) is 19.7 Å². The zero-order valence-corrected chi connectivity index (χ0v) is 11.4. The second-order valence-electron chi connectivity index (χ2n) is 4.23. The second-order valence-corrected chi connectivity index (χ2v) is 4.64. The molecule has 0 fully saturated rings. The Labute approximate surface area is 115 Å². The molecule has 100 valence electrons. The van der Waals surface area contributed by atoms with Crippen molar-refractivity contribution in [2.45, 2.75) is 20.4 Å². The molecule has 0 aliphatic heterocycles. The van der Waals surface area contributed by atoms with Gasteiger partial charge in [-0.05, 0) is 31.5 Å². The molecule has 2 aromatic rings. The highest BCUT2D eigenvalue weighted by molar-refractivity contribution is 6.30. The molecule has 0 bridgehead atoms. The van der Waals surface area contributed by atoms with Gasteiger partial charge in [-0.25, -0.2) is 14.4 Å². The molecule has 1 heterocycles. The highest BCUT2D eigenvalue weighted by atomic mass is 35.5. The lowest BCUT2D eigenvalue weighted by atomic mass is 10.2. The summed E-state index contributed by atoms with van der Waals surface area (Å²) in [7, 11) is 0. The van der Waals surface area contributed by atoms with E-state index >= 15 is 0 Å². The summed E-state index contributed by atoms with van der Waals surface area (Å²) < 4.78 is 13.0. The molecule has 3 N–H and O–H groups in total. The van der Waals surface area contributed by atoms with Gasteiger partial charge in [0, 0.05) is 12.1 Å². The Bertz CT molecular complexity index is 616. The van der Waals surface area contributed by atoms with Crippen LogP contribution in [0.3, 0.4) is 0 Å². The molecule has 0 spiro atoms. The Morgan fingerprint density at radius 2 is 2.05 bits per heavy atom. The lowest BCUT2D eigenvalue weighted by Crippen LogP contribution is -2.08. The van der Waals surface area contributed by atoms with Crippen LogP contribution in [0.2, 0.25) is 5.02 Å². The molecule has 0 saturated heterocycles. The van der Waals surface area contributed by atoms with Gasteiger partial charge in [0.2, 0.25) is 0 Å². The zero-order valence-electron chi connectivity index (χ0n) is 10.7. The SMILES string of the molecule is Cc1nc(N)c(C)c(NCc2ccc(F)c(Cl)c2)n1. The third-order valence-corrected chi connectivity index (χ3v) is 3.03. The molecule has 1 aromatic carbocycles. The van der Waals surface area contributed by atoms with Crippen LogP contribution in [-0.4, -0.2) is 9.97 Å². The molecule has 0 aliphatic rings. The van der Waals surface area contributed by atoms with Crippen LogP contribution in [0.15, 0.2) is 18.2 Å². The molecule has 0 amide bonds. The normalized spacial score (nSPS) is 10.5. The molecule has 0 aliphatic carbocycles. The van der Waals surface area contributed by atoms with Gasteiger partial charge in [0.1, 0.15) is 23.3 Å². The lowest BCUT2D eigenvalue weighted by Gasteiger charge is -2.11. The van der Waals surface area contributed by atoms with Crippen LogP contribution < -0.4 is 11.1 Å². The maximum atomic E-state index is 13.0. The maximum absolute atomic E-state index is 13.0. The maximum Gasteiger partial charge on any atom is 0.141 e. The first-order valence-corrected chi connectivity index (χ1v) is 6.13. The minimum Gasteiger partial charge on any atom is -0.383 e. The summed E-state index contributed by atoms with van der Waals surface area (Å²) >= 11 is 5.73. The average molecular weight is 281 g/mol. The fraction of sp³-hybridized carbons (Fsp3) is 0.231. The number of hydrogen-bond donors (Lipinski definition) is 2. The van der Waals surface area contributed by atoms with E-state index in [1.807, 2.05) is 6.92 Å². The van der Waals surface area contributed by atoms with E-state index in [1.54, 1.807) is 19.1 Å². The molecule has 19 heavy (non-hydrogen) atoms. The Hall–Kier alpha value is -1.88. The van der Waals surface area contributed by atoms with E-state index in [9.17, 15) is 4.39 Å². The minimum absolute atomic E-state index is 0.106. The van der Waals surface area contributed by atoms with Crippen molar-refractivity contribution in [2.75, 3.05) is 11.1 Å². The van der Waals surface area contributed by atoms with Crippen molar-refractivity contribution in [3.8, 4) is 0 Å². The van der Waals surface area contributed by atoms with Crippen molar-refractivity contribution in [2.24, 2.45) is 0 Å². The summed E-state index contributed by atoms with van der Waals surface area (Å²) in [6, 6.07) is 4.59. The summed E-state index contributed by atoms with van der Waals surface area (Å²) in [4.78, 5) is 8.35. The summed E-state index contributed by atoms with van der Waals surface area (Å²) in [5, 5.41) is 3.25. The van der Waals surface area contributed by atoms with Gasteiger partial charge in [-0.3, -0.25) is 0 Å². The van der Waals surface area contributed by atoms with Crippen LogP contribution in [0.25, 0.3) is 0 Å². The number of nitrogens with two attached hydrogens (primary N) is 1. The van der Waals surface area contributed by atoms with Crippen LogP contribution in [-0.2, 0) is 6.54 Å². The number of rotatable bonds is 3. The standard InChI is InChI=1S/C13H14ClFN4/c1-7-12(16)18-8(2)19-13(7)17-6-9-3-4-11(15)10(14)5-9/h3-5H,6H2,1-2H3,(H3,16,17,18,19). The number of nitrogens with one attached hydrogen (secondary N) is 1. The van der Waals surface area contributed by atoms with E-state index in [-0.39, 0.29) is 5.02 Å². The molecule has 0 unspecified atom stereocenters. The van der Waals surface area contributed by atoms with E-state index < -0.39 is 5.82 Å². The third-order valence-electron chi connectivity index (χ3n) is 2.74. The van der Waals surface area contributed by atoms with Crippen LogP contribution in [0.5, 0.6) is 0 Å². The van der Waals surface area contributed by atoms with Gasteiger partial charge in [-0.1, -0.05) is 17.7 Å². The number of halogens is 2. The van der Waals surface area contributed by atoms with Crippen LogP contribution in [0.4, 0.5) is 16.0 Å². The fourth-order valence-corrected chi connectivity index (χ4v) is 1.86. The first-order chi connectivity index (χ1) is 8.97. The molecule has 4 nitrogen and oxygen atoms in total. The molecule has 1 aromatic heterocycles. The van der Waals surface area contributed by atoms with Crippen molar-refractivity contribution in [1.29, 1.82) is 0 Å². The molecular formula is C13H14ClFN4. The number of benzene rings is 1. The van der Waals surface area contributed by atoms with E-state index in [0.717, 1.165) is 11.1 Å². The van der Waals surface area contributed by atoms with E-state index in [1.165, 1.54) is 6.07 Å². The predicted molar refractivity (Wildman–Crippen MR) is 74.7 cm³/mol. The van der Waals surface area contributed by atoms with Gasteiger partial charge >= 0.3 is 0 Å². The van der Waals surface area contributed by atoms with Crippen molar-refractivity contribution < 1.29 is 4.39 Å². The highest BCUT2D eigenvalue weighted by Gasteiger charge is 2.07. The van der Waals surface area contributed by atoms with Gasteiger partial charge in [-0.2, -0.15) is 0 Å². The summed E-state index contributed by atoms with van der Waals surface area (Å²) in [6.07, 6.45) is 0. The van der Waals surface area contributed by atoms with Gasteiger partial charge in [-0.15, -0.1) is 0 Å². The first-order valence-electron chi connectivity index (χ1n) is 5.76. The van der Waals surface area contributed by atoms with Gasteiger partial charge in [0.25, 0.3) is 0 Å². The molecule has 2 rings (SSSR count). The van der Waals surface area contributed by atoms with Crippen molar-refractivity contribution in [3.05, 3.63) is 46.0 Å². The Kier molecular flexibility index (Phi) is 3.85. The number of hydrogen-bond acceptors (Lipinski definition) is 4. The summed E-state index contributed by atoms with van der Waals surface area (Å²) in [5.74, 6) is 1.30. The quantitative estimate of drug-likeness (QED) is 0.907. The largest absolute Gasteiger partial charge is 0.383 e. The van der Waals surface area contributed by atoms with Crippen molar-refractivity contribution in [1.82, 2.24) is 9.97 Å². The minimum atomic E-state index is -0.427. The third kappa shape index (κ3) is 3.12. The fourth-order valence-electron chi connectivity index (χ4n) is 1.66. The highest BCUT2D eigenvalue weighted by Crippen LogP contribution is 2.20. The average Bonchev–Trinajstić information content (AvgIpc) is 2.36. The predicted octanol–water partition coefficient (Wildman–Crippen LogP) is 3.08. The monoisotopic (exact) mass is 280 g/mol. The molecular weight excluding hydrogens is 267 g/mol. The molecule has 0 radical (unpaired) electrons. The smallest absolute Gasteiger partial charge is 0.141 e. The molecule has 0 atom stereocenters. The Morgan fingerprint density at radius 3 is 2.74 bits per heavy atom. The van der Waals surface area contributed by atoms with Crippen molar-refractivity contribution in [3.63, 3.8) is 0 Å². The Morgan fingerprint density at radius 1 is 1.32 bits per heavy atom. The number of anilines is 2. The first kappa shape index (κ1) is 13.5. The summed E-state index contributed by atoms with van der Waals surface area (Å²) in [5.41, 5.74) is 7.42. The Balaban J connectivity index is 2.16. The zero-order chi connectivity index (χ0) is 14.0.